The van der Waals surface area contributed by atoms with Crippen molar-refractivity contribution in [1.29, 1.82) is 0 Å². The van der Waals surface area contributed by atoms with Crippen LogP contribution in [-0.2, 0) is 26.5 Å². The molecule has 5 nitrogen and oxygen atoms in total. The monoisotopic (exact) mass is 952 g/mol. The fraction of sp³-hybridized carbons (Fsp3) is 0.240. The predicted octanol–water partition coefficient (Wildman–Crippen LogP) is 12.6. The van der Waals surface area contributed by atoms with E-state index in [0.29, 0.717) is 44.8 Å². The summed E-state index contributed by atoms with van der Waals surface area (Å²) in [5, 5.41) is 2.51. The Hall–Kier alpha value is -5.07. The second kappa shape index (κ2) is 17.6. The topological polar surface area (TPSA) is 64.7 Å². The molecule has 0 saturated heterocycles. The number of nitrogens with zero attached hydrogens (tertiary/aromatic N) is 4. The first kappa shape index (κ1) is 31.0. The van der Waals surface area contributed by atoms with Crippen LogP contribution >= 0.6 is 0 Å². The molecule has 0 saturated carbocycles. The summed E-state index contributed by atoms with van der Waals surface area (Å²) in [7, 11) is -1.73. The van der Waals surface area contributed by atoms with Crippen LogP contribution in [0.25, 0.3) is 66.8 Å². The molecular weight excluding hydrogens is 893 g/mol. The molecule has 0 spiro atoms. The van der Waals surface area contributed by atoms with Gasteiger partial charge >= 0.3 is 0 Å². The fourth-order valence-electron chi connectivity index (χ4n) is 6.51. The second-order valence-corrected chi connectivity index (χ2v) is 20.4. The number of aryl methyl sites for hydroxylation is 2. The van der Waals surface area contributed by atoms with Gasteiger partial charge in [-0.2, -0.15) is 0 Å². The van der Waals surface area contributed by atoms with Crippen molar-refractivity contribution in [1.82, 2.24) is 19.9 Å². The molecule has 0 atom stereocenters. The third-order valence-electron chi connectivity index (χ3n) is 9.40. The van der Waals surface area contributed by atoms with Crippen molar-refractivity contribution in [2.45, 2.75) is 73.3 Å². The van der Waals surface area contributed by atoms with Gasteiger partial charge in [-0.25, -0.2) is 4.98 Å². The van der Waals surface area contributed by atoms with Crippen LogP contribution in [0.1, 0.15) is 68.3 Å². The van der Waals surface area contributed by atoms with Crippen LogP contribution in [0.4, 0.5) is 0 Å². The zero-order valence-electron chi connectivity index (χ0n) is 42.1. The molecule has 1 radical (unpaired) electrons. The molecule has 8 aromatic rings. The Labute approximate surface area is 365 Å². The minimum absolute atomic E-state index is 0. The molecule has 57 heavy (non-hydrogen) atoms. The predicted molar refractivity (Wildman–Crippen MR) is 236 cm³/mol. The Morgan fingerprint density at radius 2 is 1.56 bits per heavy atom. The van der Waals surface area contributed by atoms with Gasteiger partial charge in [0.15, 0.2) is 0 Å². The maximum absolute atomic E-state index is 8.73. The Morgan fingerprint density at radius 3 is 2.26 bits per heavy atom. The van der Waals surface area contributed by atoms with Crippen molar-refractivity contribution in [3.8, 4) is 44.8 Å². The van der Waals surface area contributed by atoms with E-state index in [1.165, 1.54) is 18.3 Å². The van der Waals surface area contributed by atoms with Crippen LogP contribution < -0.4 is 5.19 Å². The summed E-state index contributed by atoms with van der Waals surface area (Å²) >= 11 is 0. The number of furan rings is 1. The first-order chi connectivity index (χ1) is 30.3. The van der Waals surface area contributed by atoms with Gasteiger partial charge in [0.1, 0.15) is 0 Å². The summed E-state index contributed by atoms with van der Waals surface area (Å²) in [5.41, 5.74) is 8.00. The summed E-state index contributed by atoms with van der Waals surface area (Å²) in [5.74, 6) is -1.02. The number of rotatable bonds is 8. The molecule has 5 aromatic heterocycles. The Bertz CT molecular complexity index is 2990. The van der Waals surface area contributed by atoms with Gasteiger partial charge in [-0.15, -0.1) is 35.4 Å². The zero-order chi connectivity index (χ0) is 47.3. The maximum atomic E-state index is 8.73. The Morgan fingerprint density at radius 1 is 0.789 bits per heavy atom. The SMILES string of the molecule is [2H]C([2H])([2H])c1ccc(-c2cc(-c3[c-]ncc4c3oc3nc(C([2H])(C)C)ccc34)ncc2C([2H])([2H])[2H])cc1.[2H]C([2H])(c1cc(-c2[c-]ccc(-c3ccccc3)c2)ncc1[Si](C)(C)C)C(C)C.[Ir]. The summed E-state index contributed by atoms with van der Waals surface area (Å²) in [6.07, 6.45) is 6.33. The van der Waals surface area contributed by atoms with E-state index in [9.17, 15) is 0 Å². The molecule has 5 heterocycles. The van der Waals surface area contributed by atoms with Crippen LogP contribution in [0.2, 0.25) is 19.6 Å². The third kappa shape index (κ3) is 9.39. The molecular formula is C50H50IrN4OSi-2. The Balaban J connectivity index is 0.000000223. The molecule has 291 valence electrons. The quantitative estimate of drug-likeness (QED) is 0.112. The molecule has 0 unspecified atom stereocenters. The van der Waals surface area contributed by atoms with Crippen LogP contribution in [-0.4, -0.2) is 28.0 Å². The molecule has 0 aliphatic heterocycles. The molecule has 0 amide bonds. The van der Waals surface area contributed by atoms with Crippen molar-refractivity contribution in [3.05, 3.63) is 150 Å². The van der Waals surface area contributed by atoms with Crippen molar-refractivity contribution in [2.24, 2.45) is 5.92 Å². The van der Waals surface area contributed by atoms with E-state index in [-0.39, 0.29) is 37.2 Å². The summed E-state index contributed by atoms with van der Waals surface area (Å²) < 4.78 is 78.6. The standard InChI is InChI=1S/C26H22N3O.C24H28NSi.Ir/c1-15(2)23-10-9-19-21-13-27-14-22(25(21)30-26(19)29-23)24-11-20(17(4)12-28-24)18-7-5-16(3)6-8-18;1-18(2)14-22-16-23(25-17-24(22)26(3,4)5)21-13-9-12-20(15-21)19-10-7-6-8-11-19;/h5-13,15H,1-4H3;6-12,15-18H,14H2,1-5H3;/q2*-1;/i3D3,4D3,15D;14D2;. The van der Waals surface area contributed by atoms with Crippen molar-refractivity contribution in [3.63, 3.8) is 0 Å². The molecule has 3 aromatic carbocycles. The van der Waals surface area contributed by atoms with Crippen LogP contribution in [0.3, 0.4) is 0 Å². The number of hydrogen-bond donors (Lipinski definition) is 0. The van der Waals surface area contributed by atoms with Gasteiger partial charge in [-0.05, 0) is 101 Å². The van der Waals surface area contributed by atoms with Crippen molar-refractivity contribution in [2.75, 3.05) is 0 Å². The zero-order valence-corrected chi connectivity index (χ0v) is 36.5. The molecule has 0 bridgehead atoms. The summed E-state index contributed by atoms with van der Waals surface area (Å²) in [6, 6.07) is 32.9. The van der Waals surface area contributed by atoms with Crippen molar-refractivity contribution >= 4 is 35.3 Å². The van der Waals surface area contributed by atoms with Gasteiger partial charge in [0.25, 0.3) is 0 Å². The number of hydrogen-bond acceptors (Lipinski definition) is 5. The number of benzene rings is 3. The van der Waals surface area contributed by atoms with Gasteiger partial charge < -0.3 is 19.4 Å². The van der Waals surface area contributed by atoms with E-state index < -0.39 is 34.0 Å². The summed E-state index contributed by atoms with van der Waals surface area (Å²) in [6.45, 7) is 9.38. The van der Waals surface area contributed by atoms with Crippen LogP contribution in [0.15, 0.2) is 120 Å². The van der Waals surface area contributed by atoms with E-state index in [4.69, 9.17) is 21.7 Å². The normalized spacial score (nSPS) is 14.7. The molecule has 0 aliphatic carbocycles. The van der Waals surface area contributed by atoms with E-state index >= 15 is 0 Å². The van der Waals surface area contributed by atoms with Gasteiger partial charge in [0, 0.05) is 55.9 Å². The molecule has 7 heteroatoms. The molecule has 8 rings (SSSR count). The number of pyridine rings is 4. The number of fused-ring (bicyclic) bond motifs is 3. The first-order valence-corrected chi connectivity index (χ1v) is 22.1. The van der Waals surface area contributed by atoms with Crippen LogP contribution in [0, 0.1) is 31.9 Å². The second-order valence-electron chi connectivity index (χ2n) is 15.4. The number of aromatic nitrogens is 4. The van der Waals surface area contributed by atoms with E-state index in [1.807, 2.05) is 62.5 Å². The third-order valence-corrected chi connectivity index (χ3v) is 11.4. The molecule has 0 aliphatic rings. The summed E-state index contributed by atoms with van der Waals surface area (Å²) in [4.78, 5) is 17.9. The minimum atomic E-state index is -2.44. The Kier molecular flexibility index (Phi) is 9.57. The molecule has 0 N–H and O–H groups in total. The van der Waals surface area contributed by atoms with Crippen LogP contribution in [0.5, 0.6) is 0 Å². The first-order valence-electron chi connectivity index (χ1n) is 23.1. The van der Waals surface area contributed by atoms with Gasteiger partial charge in [0.05, 0.1) is 13.7 Å². The van der Waals surface area contributed by atoms with Gasteiger partial charge in [-0.3, -0.25) is 0 Å². The maximum Gasteiger partial charge on any atom is 0.216 e. The van der Waals surface area contributed by atoms with Gasteiger partial charge in [0.2, 0.25) is 5.71 Å². The smallest absolute Gasteiger partial charge is 0.216 e. The largest absolute Gasteiger partial charge is 0.486 e. The van der Waals surface area contributed by atoms with Gasteiger partial charge in [-0.1, -0.05) is 131 Å². The van der Waals surface area contributed by atoms with E-state index in [1.54, 1.807) is 44.3 Å². The molecule has 0 fully saturated rings. The van der Waals surface area contributed by atoms with E-state index in [2.05, 4.69) is 65.1 Å². The minimum Gasteiger partial charge on any atom is -0.486 e. The van der Waals surface area contributed by atoms with E-state index in [0.717, 1.165) is 38.5 Å². The average molecular weight is 952 g/mol. The fourth-order valence-corrected chi connectivity index (χ4v) is 7.92. The van der Waals surface area contributed by atoms with Crippen molar-refractivity contribution < 1.29 is 36.9 Å². The average Bonchev–Trinajstić information content (AvgIpc) is 3.64.